The summed E-state index contributed by atoms with van der Waals surface area (Å²) < 4.78 is 7.35. The summed E-state index contributed by atoms with van der Waals surface area (Å²) in [6.45, 7) is 1.56. The highest BCUT2D eigenvalue weighted by molar-refractivity contribution is 6.42. The molecular formula is C16H15Cl2N5O. The molecule has 0 aliphatic carbocycles. The van der Waals surface area contributed by atoms with Crippen LogP contribution in [0.3, 0.4) is 0 Å². The van der Waals surface area contributed by atoms with Crippen molar-refractivity contribution >= 4 is 40.1 Å². The Balaban J connectivity index is 1.66. The number of aromatic nitrogens is 4. The van der Waals surface area contributed by atoms with Crippen LogP contribution in [-0.2, 0) is 4.74 Å². The predicted molar refractivity (Wildman–Crippen MR) is 94.1 cm³/mol. The Morgan fingerprint density at radius 1 is 1.25 bits per heavy atom. The Morgan fingerprint density at radius 3 is 2.96 bits per heavy atom. The topological polar surface area (TPSA) is 64.9 Å². The molecule has 8 heteroatoms. The summed E-state index contributed by atoms with van der Waals surface area (Å²) in [5.74, 6) is 0.752. The molecule has 6 nitrogen and oxygen atoms in total. The zero-order chi connectivity index (χ0) is 16.5. The molecule has 1 N–H and O–H groups in total. The van der Waals surface area contributed by atoms with Gasteiger partial charge in [-0.1, -0.05) is 23.2 Å². The van der Waals surface area contributed by atoms with E-state index >= 15 is 0 Å². The van der Waals surface area contributed by atoms with Crippen LogP contribution in [0.1, 0.15) is 12.8 Å². The molecule has 2 aromatic heterocycles. The number of fused-ring (bicyclic) bond motifs is 1. The molecule has 1 aliphatic heterocycles. The summed E-state index contributed by atoms with van der Waals surface area (Å²) in [4.78, 5) is 8.68. The number of benzene rings is 1. The summed E-state index contributed by atoms with van der Waals surface area (Å²) in [5.41, 5.74) is 1.50. The number of hydrogen-bond acceptors (Lipinski definition) is 5. The number of anilines is 1. The molecule has 3 aromatic rings. The molecule has 1 saturated heterocycles. The van der Waals surface area contributed by atoms with E-state index in [2.05, 4.69) is 20.4 Å². The molecule has 0 saturated carbocycles. The van der Waals surface area contributed by atoms with Crippen molar-refractivity contribution in [3.8, 4) is 5.69 Å². The number of nitrogens with zero attached hydrogens (tertiary/aromatic N) is 4. The molecule has 4 rings (SSSR count). The lowest BCUT2D eigenvalue weighted by atomic mass is 10.2. The zero-order valence-corrected chi connectivity index (χ0v) is 14.3. The second kappa shape index (κ2) is 6.55. The summed E-state index contributed by atoms with van der Waals surface area (Å²) in [6, 6.07) is 5.35. The second-order valence-corrected chi connectivity index (χ2v) is 6.44. The fourth-order valence-corrected chi connectivity index (χ4v) is 3.10. The lowest BCUT2D eigenvalue weighted by Crippen LogP contribution is -2.19. The van der Waals surface area contributed by atoms with Crippen molar-refractivity contribution in [1.82, 2.24) is 19.7 Å². The summed E-state index contributed by atoms with van der Waals surface area (Å²) in [5, 5.41) is 9.59. The summed E-state index contributed by atoms with van der Waals surface area (Å²) in [6.07, 6.45) is 5.69. The SMILES string of the molecule is Clc1ccc(-n2ncc3c(NC[C@H]4CCCO4)ncnc32)cc1Cl. The van der Waals surface area contributed by atoms with Crippen LogP contribution in [0.4, 0.5) is 5.82 Å². The first-order chi connectivity index (χ1) is 11.7. The summed E-state index contributed by atoms with van der Waals surface area (Å²) in [7, 11) is 0. The number of halogens is 2. The average Bonchev–Trinajstić information content (AvgIpc) is 3.25. The summed E-state index contributed by atoms with van der Waals surface area (Å²) >= 11 is 12.1. The van der Waals surface area contributed by atoms with Crippen molar-refractivity contribution < 1.29 is 4.74 Å². The van der Waals surface area contributed by atoms with E-state index in [0.29, 0.717) is 15.7 Å². The predicted octanol–water partition coefficient (Wildman–Crippen LogP) is 3.71. The van der Waals surface area contributed by atoms with Crippen molar-refractivity contribution in [3.63, 3.8) is 0 Å². The van der Waals surface area contributed by atoms with E-state index in [1.54, 1.807) is 23.0 Å². The molecule has 0 amide bonds. The zero-order valence-electron chi connectivity index (χ0n) is 12.7. The number of ether oxygens (including phenoxy) is 1. The Hall–Kier alpha value is -1.89. The maximum Gasteiger partial charge on any atom is 0.168 e. The van der Waals surface area contributed by atoms with Gasteiger partial charge in [0.1, 0.15) is 12.1 Å². The van der Waals surface area contributed by atoms with Gasteiger partial charge in [-0.2, -0.15) is 5.10 Å². The molecule has 3 heterocycles. The van der Waals surface area contributed by atoms with Crippen molar-refractivity contribution in [2.75, 3.05) is 18.5 Å². The number of rotatable bonds is 4. The molecule has 1 atom stereocenters. The first kappa shape index (κ1) is 15.6. The van der Waals surface area contributed by atoms with Gasteiger partial charge in [-0.3, -0.25) is 0 Å². The van der Waals surface area contributed by atoms with Crippen LogP contribution in [0, 0.1) is 0 Å². The van der Waals surface area contributed by atoms with Crippen LogP contribution < -0.4 is 5.32 Å². The van der Waals surface area contributed by atoms with E-state index in [9.17, 15) is 0 Å². The van der Waals surface area contributed by atoms with Gasteiger partial charge in [-0.25, -0.2) is 14.6 Å². The Labute approximate surface area is 148 Å². The van der Waals surface area contributed by atoms with Crippen LogP contribution in [0.25, 0.3) is 16.7 Å². The van der Waals surface area contributed by atoms with Gasteiger partial charge in [-0.05, 0) is 31.0 Å². The smallest absolute Gasteiger partial charge is 0.168 e. The van der Waals surface area contributed by atoms with E-state index < -0.39 is 0 Å². The minimum atomic E-state index is 0.236. The van der Waals surface area contributed by atoms with Crippen LogP contribution in [0.2, 0.25) is 10.0 Å². The fraction of sp³-hybridized carbons (Fsp3) is 0.312. The molecule has 1 aliphatic rings. The maximum absolute atomic E-state index is 6.10. The van der Waals surface area contributed by atoms with Crippen LogP contribution in [-0.4, -0.2) is 39.0 Å². The van der Waals surface area contributed by atoms with Gasteiger partial charge >= 0.3 is 0 Å². The van der Waals surface area contributed by atoms with Crippen molar-refractivity contribution in [3.05, 3.63) is 40.8 Å². The Kier molecular flexibility index (Phi) is 4.26. The molecule has 0 radical (unpaired) electrons. The molecule has 0 unspecified atom stereocenters. The van der Waals surface area contributed by atoms with E-state index in [-0.39, 0.29) is 6.10 Å². The molecule has 1 aromatic carbocycles. The molecule has 1 fully saturated rings. The Morgan fingerprint density at radius 2 is 2.17 bits per heavy atom. The third kappa shape index (κ3) is 2.92. The van der Waals surface area contributed by atoms with Gasteiger partial charge in [0.25, 0.3) is 0 Å². The van der Waals surface area contributed by atoms with Gasteiger partial charge in [0.15, 0.2) is 5.65 Å². The first-order valence-electron chi connectivity index (χ1n) is 7.72. The number of nitrogens with one attached hydrogen (secondary N) is 1. The van der Waals surface area contributed by atoms with Crippen molar-refractivity contribution in [2.24, 2.45) is 0 Å². The van der Waals surface area contributed by atoms with Gasteiger partial charge in [0.2, 0.25) is 0 Å². The quantitative estimate of drug-likeness (QED) is 0.765. The van der Waals surface area contributed by atoms with E-state index in [1.807, 2.05) is 6.07 Å². The first-order valence-corrected chi connectivity index (χ1v) is 8.47. The van der Waals surface area contributed by atoms with Crippen LogP contribution in [0.5, 0.6) is 0 Å². The van der Waals surface area contributed by atoms with E-state index in [0.717, 1.165) is 42.9 Å². The number of hydrogen-bond donors (Lipinski definition) is 1. The molecule has 124 valence electrons. The van der Waals surface area contributed by atoms with Gasteiger partial charge in [-0.15, -0.1) is 0 Å². The highest BCUT2D eigenvalue weighted by Gasteiger charge is 2.17. The Bertz CT molecular complexity index is 876. The highest BCUT2D eigenvalue weighted by atomic mass is 35.5. The van der Waals surface area contributed by atoms with Gasteiger partial charge in [0.05, 0.1) is 33.4 Å². The van der Waals surface area contributed by atoms with E-state index in [1.165, 1.54) is 6.33 Å². The second-order valence-electron chi connectivity index (χ2n) is 5.63. The molecular weight excluding hydrogens is 349 g/mol. The third-order valence-corrected chi connectivity index (χ3v) is 4.77. The van der Waals surface area contributed by atoms with Gasteiger partial charge in [0, 0.05) is 13.2 Å². The van der Waals surface area contributed by atoms with Crippen molar-refractivity contribution in [2.45, 2.75) is 18.9 Å². The largest absolute Gasteiger partial charge is 0.376 e. The lowest BCUT2D eigenvalue weighted by Gasteiger charge is -2.11. The third-order valence-electron chi connectivity index (χ3n) is 4.03. The average molecular weight is 364 g/mol. The minimum absolute atomic E-state index is 0.236. The lowest BCUT2D eigenvalue weighted by molar-refractivity contribution is 0.120. The highest BCUT2D eigenvalue weighted by Crippen LogP contribution is 2.27. The standard InChI is InChI=1S/C16H15Cl2N5O/c17-13-4-3-10(6-14(13)18)23-16-12(8-22-23)15(20-9-21-16)19-7-11-2-1-5-24-11/h3-4,6,8-9,11H,1-2,5,7H2,(H,19,20,21)/t11-/m1/s1. The van der Waals surface area contributed by atoms with Crippen LogP contribution in [0.15, 0.2) is 30.7 Å². The normalized spacial score (nSPS) is 17.5. The monoisotopic (exact) mass is 363 g/mol. The van der Waals surface area contributed by atoms with Gasteiger partial charge < -0.3 is 10.1 Å². The molecule has 24 heavy (non-hydrogen) atoms. The minimum Gasteiger partial charge on any atom is -0.376 e. The maximum atomic E-state index is 6.10. The molecule has 0 bridgehead atoms. The van der Waals surface area contributed by atoms with Crippen molar-refractivity contribution in [1.29, 1.82) is 0 Å². The van der Waals surface area contributed by atoms with E-state index in [4.69, 9.17) is 27.9 Å². The van der Waals surface area contributed by atoms with Crippen LogP contribution >= 0.6 is 23.2 Å². The fourth-order valence-electron chi connectivity index (χ4n) is 2.81. The molecule has 0 spiro atoms.